The molecular formula is C14H26N4S. The van der Waals surface area contributed by atoms with Gasteiger partial charge in [0.15, 0.2) is 0 Å². The van der Waals surface area contributed by atoms with Gasteiger partial charge in [-0.1, -0.05) is 6.92 Å². The van der Waals surface area contributed by atoms with Crippen molar-refractivity contribution in [3.63, 3.8) is 0 Å². The highest BCUT2D eigenvalue weighted by Crippen LogP contribution is 2.21. The number of nitrogens with zero attached hydrogens (tertiary/aromatic N) is 2. The predicted octanol–water partition coefficient (Wildman–Crippen LogP) is 3.47. The van der Waals surface area contributed by atoms with Crippen LogP contribution in [0.3, 0.4) is 0 Å². The Morgan fingerprint density at radius 2 is 1.89 bits per heavy atom. The summed E-state index contributed by atoms with van der Waals surface area (Å²) in [4.78, 5) is 8.99. The molecule has 0 aromatic carbocycles. The number of aromatic nitrogens is 2. The summed E-state index contributed by atoms with van der Waals surface area (Å²) in [6.07, 6.45) is 4.37. The zero-order chi connectivity index (χ0) is 14.3. The van der Waals surface area contributed by atoms with Crippen LogP contribution in [-0.4, -0.2) is 34.6 Å². The second-order valence-electron chi connectivity index (χ2n) is 4.85. The fourth-order valence-electron chi connectivity index (χ4n) is 1.78. The Bertz CT molecular complexity index is 395. The molecular weight excluding hydrogens is 256 g/mol. The van der Waals surface area contributed by atoms with Crippen LogP contribution in [0.2, 0.25) is 0 Å². The molecule has 0 aliphatic heterocycles. The quantitative estimate of drug-likeness (QED) is 0.764. The molecule has 0 saturated carbocycles. The van der Waals surface area contributed by atoms with Crippen LogP contribution < -0.4 is 10.6 Å². The summed E-state index contributed by atoms with van der Waals surface area (Å²) in [5.41, 5.74) is 1.11. The largest absolute Gasteiger partial charge is 0.370 e. The van der Waals surface area contributed by atoms with Gasteiger partial charge in [0.1, 0.15) is 17.5 Å². The molecule has 1 heterocycles. The third-order valence-electron chi connectivity index (χ3n) is 2.94. The maximum atomic E-state index is 4.52. The van der Waals surface area contributed by atoms with E-state index in [1.54, 1.807) is 0 Å². The lowest BCUT2D eigenvalue weighted by molar-refractivity contribution is 0.763. The molecule has 0 amide bonds. The van der Waals surface area contributed by atoms with Gasteiger partial charge in [0.25, 0.3) is 0 Å². The monoisotopic (exact) mass is 282 g/mol. The Morgan fingerprint density at radius 3 is 2.53 bits per heavy atom. The summed E-state index contributed by atoms with van der Waals surface area (Å²) in [5.74, 6) is 3.88. The van der Waals surface area contributed by atoms with Gasteiger partial charge in [-0.2, -0.15) is 11.8 Å². The maximum Gasteiger partial charge on any atom is 0.134 e. The van der Waals surface area contributed by atoms with Crippen LogP contribution in [0.25, 0.3) is 0 Å². The minimum atomic E-state index is 0.430. The highest BCUT2D eigenvalue weighted by molar-refractivity contribution is 7.98. The first-order chi connectivity index (χ1) is 9.08. The molecule has 1 atom stereocenters. The summed E-state index contributed by atoms with van der Waals surface area (Å²) in [6.45, 7) is 9.31. The molecule has 19 heavy (non-hydrogen) atoms. The van der Waals surface area contributed by atoms with Crippen LogP contribution in [0, 0.1) is 13.8 Å². The Kier molecular flexibility index (Phi) is 6.99. The second kappa shape index (κ2) is 8.25. The minimum absolute atomic E-state index is 0.430. The van der Waals surface area contributed by atoms with E-state index in [0.29, 0.717) is 6.04 Å². The molecule has 0 spiro atoms. The zero-order valence-electron chi connectivity index (χ0n) is 12.7. The Hall–Kier alpha value is -0.970. The van der Waals surface area contributed by atoms with Gasteiger partial charge in [-0.3, -0.25) is 0 Å². The van der Waals surface area contributed by atoms with Crippen LogP contribution in [0.4, 0.5) is 11.6 Å². The van der Waals surface area contributed by atoms with Gasteiger partial charge in [0.05, 0.1) is 0 Å². The number of hydrogen-bond donors (Lipinski definition) is 2. The van der Waals surface area contributed by atoms with Crippen LogP contribution in [0.5, 0.6) is 0 Å². The molecule has 1 aromatic rings. The first-order valence-electron chi connectivity index (χ1n) is 6.93. The van der Waals surface area contributed by atoms with Crippen molar-refractivity contribution < 1.29 is 0 Å². The lowest BCUT2D eigenvalue weighted by atomic mass is 10.2. The molecule has 4 nitrogen and oxygen atoms in total. The van der Waals surface area contributed by atoms with Crippen LogP contribution in [0.1, 0.15) is 38.1 Å². The molecule has 5 heteroatoms. The average molecular weight is 282 g/mol. The van der Waals surface area contributed by atoms with Gasteiger partial charge in [-0.05, 0) is 45.6 Å². The summed E-state index contributed by atoms with van der Waals surface area (Å²) in [7, 11) is 0. The van der Waals surface area contributed by atoms with E-state index in [-0.39, 0.29) is 0 Å². The lowest BCUT2D eigenvalue weighted by Crippen LogP contribution is -2.19. The molecule has 2 N–H and O–H groups in total. The Balaban J connectivity index is 2.79. The van der Waals surface area contributed by atoms with E-state index in [0.717, 1.165) is 48.2 Å². The average Bonchev–Trinajstić information content (AvgIpc) is 2.38. The van der Waals surface area contributed by atoms with Gasteiger partial charge in [-0.25, -0.2) is 9.97 Å². The standard InChI is InChI=1S/C14H26N4S/c1-6-8-15-13-11(3)14(18-12(4)17-13)16-10(2)7-9-19-5/h10H,6-9H2,1-5H3,(H2,15,16,17,18). The number of hydrogen-bond acceptors (Lipinski definition) is 5. The van der Waals surface area contributed by atoms with Gasteiger partial charge in [-0.15, -0.1) is 0 Å². The fraction of sp³-hybridized carbons (Fsp3) is 0.714. The molecule has 1 aromatic heterocycles. The van der Waals surface area contributed by atoms with Crippen molar-refractivity contribution in [2.45, 2.75) is 46.6 Å². The van der Waals surface area contributed by atoms with E-state index in [4.69, 9.17) is 0 Å². The molecule has 0 saturated heterocycles. The summed E-state index contributed by atoms with van der Waals surface area (Å²) < 4.78 is 0. The number of anilines is 2. The van der Waals surface area contributed by atoms with E-state index in [1.807, 2.05) is 18.7 Å². The van der Waals surface area contributed by atoms with Crippen LogP contribution >= 0.6 is 11.8 Å². The van der Waals surface area contributed by atoms with Crippen molar-refractivity contribution in [3.05, 3.63) is 11.4 Å². The Labute approximate surface area is 121 Å². The first-order valence-corrected chi connectivity index (χ1v) is 8.32. The second-order valence-corrected chi connectivity index (χ2v) is 5.83. The van der Waals surface area contributed by atoms with E-state index in [2.05, 4.69) is 47.6 Å². The maximum absolute atomic E-state index is 4.52. The smallest absolute Gasteiger partial charge is 0.134 e. The molecule has 1 rings (SSSR count). The van der Waals surface area contributed by atoms with Crippen molar-refractivity contribution in [1.82, 2.24) is 9.97 Å². The first kappa shape index (κ1) is 16.1. The Morgan fingerprint density at radius 1 is 1.21 bits per heavy atom. The molecule has 0 bridgehead atoms. The number of aryl methyl sites for hydroxylation is 1. The number of rotatable bonds is 8. The summed E-state index contributed by atoms with van der Waals surface area (Å²) in [6, 6.07) is 0.430. The van der Waals surface area contributed by atoms with Crippen LogP contribution in [-0.2, 0) is 0 Å². The topological polar surface area (TPSA) is 49.8 Å². The normalized spacial score (nSPS) is 12.3. The molecule has 108 valence electrons. The van der Waals surface area contributed by atoms with Gasteiger partial charge in [0, 0.05) is 18.2 Å². The van der Waals surface area contributed by atoms with E-state index < -0.39 is 0 Å². The zero-order valence-corrected chi connectivity index (χ0v) is 13.5. The van der Waals surface area contributed by atoms with Crippen LogP contribution in [0.15, 0.2) is 0 Å². The van der Waals surface area contributed by atoms with Crippen molar-refractivity contribution >= 4 is 23.4 Å². The highest BCUT2D eigenvalue weighted by Gasteiger charge is 2.11. The lowest BCUT2D eigenvalue weighted by Gasteiger charge is -2.18. The minimum Gasteiger partial charge on any atom is -0.370 e. The van der Waals surface area contributed by atoms with Crippen molar-refractivity contribution in [3.8, 4) is 0 Å². The van der Waals surface area contributed by atoms with Crippen molar-refractivity contribution in [1.29, 1.82) is 0 Å². The van der Waals surface area contributed by atoms with Gasteiger partial charge in [0.2, 0.25) is 0 Å². The van der Waals surface area contributed by atoms with Crippen molar-refractivity contribution in [2.24, 2.45) is 0 Å². The number of thioether (sulfide) groups is 1. The van der Waals surface area contributed by atoms with E-state index in [9.17, 15) is 0 Å². The predicted molar refractivity (Wildman–Crippen MR) is 86.4 cm³/mol. The molecule has 0 aliphatic rings. The molecule has 1 unspecified atom stereocenters. The molecule has 0 aliphatic carbocycles. The highest BCUT2D eigenvalue weighted by atomic mass is 32.2. The molecule has 0 radical (unpaired) electrons. The van der Waals surface area contributed by atoms with Crippen molar-refractivity contribution in [2.75, 3.05) is 29.2 Å². The van der Waals surface area contributed by atoms with E-state index >= 15 is 0 Å². The summed E-state index contributed by atoms with van der Waals surface area (Å²) >= 11 is 1.88. The van der Waals surface area contributed by atoms with E-state index in [1.165, 1.54) is 0 Å². The van der Waals surface area contributed by atoms with Gasteiger partial charge < -0.3 is 10.6 Å². The molecule has 0 fully saturated rings. The fourth-order valence-corrected chi connectivity index (χ4v) is 2.37. The number of nitrogens with one attached hydrogen (secondary N) is 2. The summed E-state index contributed by atoms with van der Waals surface area (Å²) in [5, 5.41) is 6.86. The third-order valence-corrected chi connectivity index (χ3v) is 3.58. The van der Waals surface area contributed by atoms with Gasteiger partial charge >= 0.3 is 0 Å². The third kappa shape index (κ3) is 5.27. The SMILES string of the molecule is CCCNc1nc(C)nc(NC(C)CCSC)c1C.